The second kappa shape index (κ2) is 2.99. The number of anilines is 1. The smallest absolute Gasteiger partial charge is 0.0543 e. The summed E-state index contributed by atoms with van der Waals surface area (Å²) in [4.78, 5) is 3.74. The van der Waals surface area contributed by atoms with E-state index in [0.29, 0.717) is 5.69 Å². The molecule has 9 heavy (non-hydrogen) atoms. The number of hydrogen-bond acceptors (Lipinski definition) is 3. The number of nitrogens with zero attached hydrogens (tertiary/aromatic N) is 1. The van der Waals surface area contributed by atoms with E-state index in [1.54, 1.807) is 24.5 Å². The van der Waals surface area contributed by atoms with Gasteiger partial charge in [0.15, 0.2) is 0 Å². The lowest BCUT2D eigenvalue weighted by Crippen LogP contribution is -2.09. The van der Waals surface area contributed by atoms with Gasteiger partial charge in [0, 0.05) is 12.4 Å². The SMILES string of the molecule is FNNc1ccncc1. The van der Waals surface area contributed by atoms with Crippen molar-refractivity contribution in [3.8, 4) is 0 Å². The third-order valence-electron chi connectivity index (χ3n) is 0.872. The molecule has 1 aromatic rings. The van der Waals surface area contributed by atoms with Gasteiger partial charge in [-0.25, -0.2) is 0 Å². The van der Waals surface area contributed by atoms with Gasteiger partial charge in [-0.15, -0.1) is 4.48 Å². The Morgan fingerprint density at radius 2 is 2.00 bits per heavy atom. The zero-order valence-corrected chi connectivity index (χ0v) is 4.63. The molecule has 1 aromatic heterocycles. The molecule has 2 N–H and O–H groups in total. The first-order valence-electron chi connectivity index (χ1n) is 2.45. The van der Waals surface area contributed by atoms with Crippen LogP contribution in [0.5, 0.6) is 0 Å². The van der Waals surface area contributed by atoms with Gasteiger partial charge in [0.05, 0.1) is 5.69 Å². The molecule has 0 saturated heterocycles. The van der Waals surface area contributed by atoms with Crippen molar-refractivity contribution in [1.82, 2.24) is 10.6 Å². The van der Waals surface area contributed by atoms with Crippen LogP contribution >= 0.6 is 0 Å². The van der Waals surface area contributed by atoms with Crippen LogP contribution in [0.3, 0.4) is 0 Å². The maximum atomic E-state index is 11.3. The van der Waals surface area contributed by atoms with Gasteiger partial charge < -0.3 is 0 Å². The van der Waals surface area contributed by atoms with Crippen molar-refractivity contribution in [1.29, 1.82) is 0 Å². The fourth-order valence-electron chi connectivity index (χ4n) is 0.490. The lowest BCUT2D eigenvalue weighted by molar-refractivity contribution is 0.376. The molecule has 1 rings (SSSR count). The van der Waals surface area contributed by atoms with Gasteiger partial charge in [-0.2, -0.15) is 0 Å². The minimum atomic E-state index is 0.646. The van der Waals surface area contributed by atoms with Crippen LogP contribution < -0.4 is 11.1 Å². The van der Waals surface area contributed by atoms with Crippen LogP contribution in [0.4, 0.5) is 10.2 Å². The summed E-state index contributed by atoms with van der Waals surface area (Å²) in [5, 5.41) is 0. The molecule has 0 radical (unpaired) electrons. The molecule has 0 unspecified atom stereocenters. The number of hydrazine groups is 1. The monoisotopic (exact) mass is 127 g/mol. The summed E-state index contributed by atoms with van der Waals surface area (Å²) in [6.07, 6.45) is 3.14. The number of halogens is 1. The lowest BCUT2D eigenvalue weighted by atomic mass is 10.4. The quantitative estimate of drug-likeness (QED) is 0.457. The van der Waals surface area contributed by atoms with Crippen molar-refractivity contribution in [2.45, 2.75) is 0 Å². The van der Waals surface area contributed by atoms with Gasteiger partial charge in [-0.3, -0.25) is 10.4 Å². The van der Waals surface area contributed by atoms with E-state index in [1.165, 1.54) is 5.65 Å². The van der Waals surface area contributed by atoms with E-state index >= 15 is 0 Å². The van der Waals surface area contributed by atoms with Crippen molar-refractivity contribution in [2.75, 3.05) is 5.43 Å². The molecule has 1 heterocycles. The predicted molar refractivity (Wildman–Crippen MR) is 32.1 cm³/mol. The number of nitrogens with one attached hydrogen (secondary N) is 2. The third kappa shape index (κ3) is 1.65. The Morgan fingerprint density at radius 3 is 2.56 bits per heavy atom. The highest BCUT2D eigenvalue weighted by Crippen LogP contribution is 1.99. The predicted octanol–water partition coefficient (Wildman–Crippen LogP) is 0.883. The summed E-state index contributed by atoms with van der Waals surface area (Å²) in [6.45, 7) is 0. The molecule has 3 nitrogen and oxygen atoms in total. The molecule has 48 valence electrons. The fraction of sp³-hybridized carbons (Fsp3) is 0. The molecule has 0 aliphatic heterocycles. The van der Waals surface area contributed by atoms with Crippen molar-refractivity contribution in [3.63, 3.8) is 0 Å². The van der Waals surface area contributed by atoms with Crippen LogP contribution in [0.1, 0.15) is 0 Å². The molecule has 0 spiro atoms. The molecular formula is C5H6FN3. The van der Waals surface area contributed by atoms with E-state index < -0.39 is 0 Å². The molecule has 0 atom stereocenters. The zero-order chi connectivity index (χ0) is 6.53. The first-order chi connectivity index (χ1) is 4.43. The Morgan fingerprint density at radius 1 is 1.33 bits per heavy atom. The van der Waals surface area contributed by atoms with E-state index in [4.69, 9.17) is 0 Å². The Bertz CT molecular complexity index is 165. The fourth-order valence-corrected chi connectivity index (χ4v) is 0.490. The van der Waals surface area contributed by atoms with E-state index in [2.05, 4.69) is 10.4 Å². The molecule has 0 fully saturated rings. The van der Waals surface area contributed by atoms with Crippen LogP contribution in [-0.4, -0.2) is 4.98 Å². The van der Waals surface area contributed by atoms with Gasteiger partial charge in [0.2, 0.25) is 0 Å². The average Bonchev–Trinajstić information content (AvgIpc) is 1.91. The average molecular weight is 127 g/mol. The van der Waals surface area contributed by atoms with Gasteiger partial charge in [0.25, 0.3) is 0 Å². The largest absolute Gasteiger partial charge is 0.295 e. The van der Waals surface area contributed by atoms with Crippen molar-refractivity contribution >= 4 is 5.69 Å². The highest BCUT2D eigenvalue weighted by Gasteiger charge is 1.83. The summed E-state index contributed by atoms with van der Waals surface area (Å²) < 4.78 is 11.3. The Hall–Kier alpha value is -1.16. The molecule has 4 heteroatoms. The first-order valence-corrected chi connectivity index (χ1v) is 2.45. The van der Waals surface area contributed by atoms with Crippen LogP contribution in [-0.2, 0) is 0 Å². The van der Waals surface area contributed by atoms with E-state index in [0.717, 1.165) is 0 Å². The van der Waals surface area contributed by atoms with Crippen LogP contribution in [0.2, 0.25) is 0 Å². The second-order valence-electron chi connectivity index (χ2n) is 1.46. The van der Waals surface area contributed by atoms with Crippen molar-refractivity contribution in [2.24, 2.45) is 0 Å². The second-order valence-corrected chi connectivity index (χ2v) is 1.46. The molecule has 0 amide bonds. The van der Waals surface area contributed by atoms with Crippen molar-refractivity contribution in [3.05, 3.63) is 24.5 Å². The Labute approximate surface area is 51.8 Å². The first kappa shape index (κ1) is 5.97. The third-order valence-corrected chi connectivity index (χ3v) is 0.872. The normalized spacial score (nSPS) is 9.00. The summed E-state index contributed by atoms with van der Waals surface area (Å²) >= 11 is 0. The molecule has 0 bridgehead atoms. The van der Waals surface area contributed by atoms with Crippen LogP contribution in [0.25, 0.3) is 0 Å². The summed E-state index contributed by atoms with van der Waals surface area (Å²) in [7, 11) is 0. The number of rotatable bonds is 2. The zero-order valence-electron chi connectivity index (χ0n) is 4.63. The van der Waals surface area contributed by atoms with Crippen molar-refractivity contribution < 1.29 is 4.48 Å². The maximum Gasteiger partial charge on any atom is 0.0543 e. The Kier molecular flexibility index (Phi) is 1.98. The minimum Gasteiger partial charge on any atom is -0.295 e. The molecule has 0 aromatic carbocycles. The van der Waals surface area contributed by atoms with Gasteiger partial charge in [-0.1, -0.05) is 5.65 Å². The highest BCUT2D eigenvalue weighted by atomic mass is 19.2. The van der Waals surface area contributed by atoms with Crippen LogP contribution in [0.15, 0.2) is 24.5 Å². The standard InChI is InChI=1S/C5H6FN3/c6-9-8-5-1-3-7-4-2-5/h1-4,9H,(H,7,8). The summed E-state index contributed by atoms with van der Waals surface area (Å²) in [5.41, 5.74) is 4.20. The highest BCUT2D eigenvalue weighted by molar-refractivity contribution is 5.38. The molecular weight excluding hydrogens is 121 g/mol. The van der Waals surface area contributed by atoms with Gasteiger partial charge in [0.1, 0.15) is 0 Å². The Balaban J connectivity index is 2.61. The minimum absolute atomic E-state index is 0.646. The van der Waals surface area contributed by atoms with E-state index in [-0.39, 0.29) is 0 Å². The summed E-state index contributed by atoms with van der Waals surface area (Å²) in [6, 6.07) is 3.29. The van der Waals surface area contributed by atoms with Crippen LogP contribution in [0, 0.1) is 0 Å². The van der Waals surface area contributed by atoms with Gasteiger partial charge in [-0.05, 0) is 12.1 Å². The van der Waals surface area contributed by atoms with E-state index in [9.17, 15) is 4.48 Å². The molecule has 0 aliphatic rings. The molecule has 0 aliphatic carbocycles. The summed E-state index contributed by atoms with van der Waals surface area (Å²) in [5.74, 6) is 0. The number of aromatic nitrogens is 1. The molecule has 0 saturated carbocycles. The number of hydrogen-bond donors (Lipinski definition) is 2. The van der Waals surface area contributed by atoms with E-state index in [1.807, 2.05) is 0 Å². The lowest BCUT2D eigenvalue weighted by Gasteiger charge is -1.97. The maximum absolute atomic E-state index is 11.3. The number of pyridine rings is 1. The van der Waals surface area contributed by atoms with Gasteiger partial charge >= 0.3 is 0 Å². The topological polar surface area (TPSA) is 37.0 Å².